The maximum Gasteiger partial charge on any atom is 0.225 e. The first-order valence-corrected chi connectivity index (χ1v) is 14.8. The standard InChI is InChI=1S/C31H39N7O3/c1-4-40-28(41-5-2)19-37-13-10-21(11-14-37)22-17-32-31(33-18-22)38-15-12-25-29(20(38)3)24-16-26(35-36-30(24)34-25)23-8-6-7-9-27(23)39/h6-9,16-18,20-21,28,39H,4-5,10-15,19H2,1-3H3,(H,34,36). The summed E-state index contributed by atoms with van der Waals surface area (Å²) in [5, 5.41) is 20.2. The number of aromatic nitrogens is 5. The third-order valence-corrected chi connectivity index (χ3v) is 8.43. The van der Waals surface area contributed by atoms with Crippen molar-refractivity contribution in [3.05, 3.63) is 59.5 Å². The highest BCUT2D eigenvalue weighted by Crippen LogP contribution is 2.38. The number of nitrogens with one attached hydrogen (secondary N) is 1. The molecule has 216 valence electrons. The summed E-state index contributed by atoms with van der Waals surface area (Å²) < 4.78 is 11.5. The van der Waals surface area contributed by atoms with E-state index >= 15 is 0 Å². The van der Waals surface area contributed by atoms with Crippen LogP contribution in [0.25, 0.3) is 22.3 Å². The number of rotatable bonds is 9. The molecule has 1 aromatic carbocycles. The molecule has 10 heteroatoms. The van der Waals surface area contributed by atoms with E-state index in [9.17, 15) is 5.11 Å². The Hall–Kier alpha value is -3.60. The Morgan fingerprint density at radius 1 is 1.02 bits per heavy atom. The minimum atomic E-state index is -0.155. The number of para-hydroxylation sites is 1. The Bertz CT molecular complexity index is 1460. The number of benzene rings is 1. The highest BCUT2D eigenvalue weighted by molar-refractivity contribution is 5.86. The number of aromatic amines is 1. The summed E-state index contributed by atoms with van der Waals surface area (Å²) in [6, 6.07) is 9.31. The lowest BCUT2D eigenvalue weighted by Crippen LogP contribution is -2.40. The molecule has 0 bridgehead atoms. The van der Waals surface area contributed by atoms with Crippen molar-refractivity contribution in [3.63, 3.8) is 0 Å². The number of phenols is 1. The molecule has 0 aliphatic carbocycles. The fraction of sp³-hybridized carbons (Fsp3) is 0.484. The molecule has 2 aliphatic rings. The summed E-state index contributed by atoms with van der Waals surface area (Å²) in [7, 11) is 0. The quantitative estimate of drug-likeness (QED) is 0.280. The van der Waals surface area contributed by atoms with Crippen molar-refractivity contribution in [1.29, 1.82) is 0 Å². The van der Waals surface area contributed by atoms with E-state index in [0.29, 0.717) is 30.4 Å². The van der Waals surface area contributed by atoms with Gasteiger partial charge in [0.15, 0.2) is 11.9 Å². The Kier molecular flexibility index (Phi) is 8.13. The number of ether oxygens (including phenoxy) is 2. The van der Waals surface area contributed by atoms with Crippen LogP contribution in [0.2, 0.25) is 0 Å². The van der Waals surface area contributed by atoms with E-state index in [0.717, 1.165) is 62.4 Å². The number of fused-ring (bicyclic) bond motifs is 3. The van der Waals surface area contributed by atoms with Crippen molar-refractivity contribution in [2.24, 2.45) is 0 Å². The monoisotopic (exact) mass is 557 g/mol. The number of hydrogen-bond donors (Lipinski definition) is 2. The Morgan fingerprint density at radius 3 is 2.46 bits per heavy atom. The van der Waals surface area contributed by atoms with E-state index in [1.807, 2.05) is 44.4 Å². The molecular weight excluding hydrogens is 518 g/mol. The summed E-state index contributed by atoms with van der Waals surface area (Å²) in [5.41, 5.74) is 5.66. The van der Waals surface area contributed by atoms with Gasteiger partial charge in [-0.15, -0.1) is 10.2 Å². The number of nitrogens with zero attached hydrogens (tertiary/aromatic N) is 6. The molecule has 6 rings (SSSR count). The minimum Gasteiger partial charge on any atom is -0.507 e. The van der Waals surface area contributed by atoms with Crippen molar-refractivity contribution in [1.82, 2.24) is 30.0 Å². The smallest absolute Gasteiger partial charge is 0.225 e. The van der Waals surface area contributed by atoms with Crippen LogP contribution in [-0.4, -0.2) is 80.8 Å². The molecule has 2 aliphatic heterocycles. The van der Waals surface area contributed by atoms with Gasteiger partial charge in [0.25, 0.3) is 0 Å². The zero-order valence-corrected chi connectivity index (χ0v) is 24.1. The highest BCUT2D eigenvalue weighted by atomic mass is 16.7. The van der Waals surface area contributed by atoms with E-state index in [2.05, 4.69) is 31.9 Å². The zero-order chi connectivity index (χ0) is 28.3. The van der Waals surface area contributed by atoms with Crippen LogP contribution in [0.15, 0.2) is 42.7 Å². The second-order valence-corrected chi connectivity index (χ2v) is 10.9. The number of hydrogen-bond acceptors (Lipinski definition) is 9. The van der Waals surface area contributed by atoms with Gasteiger partial charge in [0.05, 0.1) is 11.7 Å². The fourth-order valence-corrected chi connectivity index (χ4v) is 6.29. The molecule has 0 amide bonds. The first kappa shape index (κ1) is 27.6. The Labute approximate surface area is 240 Å². The maximum atomic E-state index is 10.4. The summed E-state index contributed by atoms with van der Waals surface area (Å²) >= 11 is 0. The van der Waals surface area contributed by atoms with E-state index in [-0.39, 0.29) is 18.1 Å². The fourth-order valence-electron chi connectivity index (χ4n) is 6.29. The van der Waals surface area contributed by atoms with Gasteiger partial charge in [-0.25, -0.2) is 9.97 Å². The molecular formula is C31H39N7O3. The van der Waals surface area contributed by atoms with Crippen LogP contribution < -0.4 is 4.90 Å². The summed E-state index contributed by atoms with van der Waals surface area (Å²) in [5.74, 6) is 1.40. The number of aromatic hydroxyl groups is 1. The first-order chi connectivity index (χ1) is 20.1. The lowest BCUT2D eigenvalue weighted by Gasteiger charge is -2.35. The number of likely N-dealkylation sites (tertiary alicyclic amines) is 1. The number of H-pyrrole nitrogens is 1. The van der Waals surface area contributed by atoms with Gasteiger partial charge < -0.3 is 24.5 Å². The molecule has 1 unspecified atom stereocenters. The van der Waals surface area contributed by atoms with Crippen molar-refractivity contribution < 1.29 is 14.6 Å². The molecule has 5 heterocycles. The molecule has 1 saturated heterocycles. The van der Waals surface area contributed by atoms with Gasteiger partial charge in [-0.3, -0.25) is 4.90 Å². The number of piperidine rings is 1. The van der Waals surface area contributed by atoms with Crippen LogP contribution in [0, 0.1) is 0 Å². The largest absolute Gasteiger partial charge is 0.507 e. The lowest BCUT2D eigenvalue weighted by molar-refractivity contribution is -0.148. The maximum absolute atomic E-state index is 10.4. The third kappa shape index (κ3) is 5.64. The second kappa shape index (κ2) is 12.1. The van der Waals surface area contributed by atoms with Gasteiger partial charge in [-0.1, -0.05) is 12.1 Å². The van der Waals surface area contributed by atoms with Gasteiger partial charge >= 0.3 is 0 Å². The molecule has 3 aromatic heterocycles. The summed E-state index contributed by atoms with van der Waals surface area (Å²) in [6.07, 6.45) is 6.88. The summed E-state index contributed by atoms with van der Waals surface area (Å²) in [6.45, 7) is 11.2. The zero-order valence-electron chi connectivity index (χ0n) is 24.1. The van der Waals surface area contributed by atoms with E-state index in [1.165, 1.54) is 16.8 Å². The number of phenolic OH excluding ortho intramolecular Hbond substituents is 1. The van der Waals surface area contributed by atoms with Crippen LogP contribution in [0.1, 0.15) is 62.4 Å². The molecule has 2 N–H and O–H groups in total. The molecule has 4 aromatic rings. The van der Waals surface area contributed by atoms with Crippen molar-refractivity contribution in [3.8, 4) is 17.0 Å². The Balaban J connectivity index is 1.15. The summed E-state index contributed by atoms with van der Waals surface area (Å²) in [4.78, 5) is 17.9. The SMILES string of the molecule is CCOC(CN1CCC(c2cnc(N3CCc4[nH]c5nnc(-c6ccccc6O)cc5c4C3C)nc2)CC1)OCC. The predicted octanol–water partition coefficient (Wildman–Crippen LogP) is 4.82. The van der Waals surface area contributed by atoms with Crippen LogP contribution in [-0.2, 0) is 15.9 Å². The van der Waals surface area contributed by atoms with Crippen LogP contribution in [0.5, 0.6) is 5.75 Å². The van der Waals surface area contributed by atoms with Crippen molar-refractivity contribution >= 4 is 17.0 Å². The topological polar surface area (TPSA) is 113 Å². The van der Waals surface area contributed by atoms with Crippen LogP contribution >= 0.6 is 0 Å². The Morgan fingerprint density at radius 2 is 1.76 bits per heavy atom. The minimum absolute atomic E-state index is 0.0617. The van der Waals surface area contributed by atoms with Crippen LogP contribution in [0.3, 0.4) is 0 Å². The predicted molar refractivity (Wildman–Crippen MR) is 158 cm³/mol. The van der Waals surface area contributed by atoms with E-state index in [1.54, 1.807) is 12.1 Å². The molecule has 0 saturated carbocycles. The van der Waals surface area contributed by atoms with E-state index in [4.69, 9.17) is 19.4 Å². The average molecular weight is 558 g/mol. The second-order valence-electron chi connectivity index (χ2n) is 10.9. The van der Waals surface area contributed by atoms with Crippen molar-refractivity contribution in [2.75, 3.05) is 44.3 Å². The van der Waals surface area contributed by atoms with Gasteiger partial charge in [0.1, 0.15) is 5.75 Å². The molecule has 41 heavy (non-hydrogen) atoms. The average Bonchev–Trinajstić information content (AvgIpc) is 3.37. The van der Waals surface area contributed by atoms with Gasteiger partial charge in [0, 0.05) is 67.3 Å². The first-order valence-electron chi connectivity index (χ1n) is 14.8. The molecule has 0 radical (unpaired) electrons. The van der Waals surface area contributed by atoms with Crippen LogP contribution in [0.4, 0.5) is 5.95 Å². The van der Waals surface area contributed by atoms with Gasteiger partial charge in [0.2, 0.25) is 5.95 Å². The van der Waals surface area contributed by atoms with Gasteiger partial charge in [-0.2, -0.15) is 0 Å². The molecule has 0 spiro atoms. The molecule has 10 nitrogen and oxygen atoms in total. The highest BCUT2D eigenvalue weighted by Gasteiger charge is 2.31. The molecule has 1 fully saturated rings. The van der Waals surface area contributed by atoms with Crippen molar-refractivity contribution in [2.45, 2.75) is 58.3 Å². The van der Waals surface area contributed by atoms with Gasteiger partial charge in [-0.05, 0) is 76.4 Å². The lowest BCUT2D eigenvalue weighted by atomic mass is 9.91. The molecule has 1 atom stereocenters. The third-order valence-electron chi connectivity index (χ3n) is 8.43. The van der Waals surface area contributed by atoms with E-state index < -0.39 is 0 Å². The normalized spacial score (nSPS) is 18.3. The number of anilines is 1.